The number of hydrogen-bond acceptors (Lipinski definition) is 3. The third-order valence-electron chi connectivity index (χ3n) is 3.15. The number of nitrogens with one attached hydrogen (secondary N) is 1. The minimum absolute atomic E-state index is 0.0133. The van der Waals surface area contributed by atoms with Crippen molar-refractivity contribution >= 4 is 21.6 Å². The largest absolute Gasteiger partial charge is 0.481 e. The monoisotopic (exact) mass is 421 g/mol. The lowest BCUT2D eigenvalue weighted by Gasteiger charge is -2.08. The van der Waals surface area contributed by atoms with Gasteiger partial charge in [0.15, 0.2) is 0 Å². The van der Waals surface area contributed by atoms with Gasteiger partial charge < -0.3 is 4.74 Å². The smallest absolute Gasteiger partial charge is 0.416 e. The van der Waals surface area contributed by atoms with Crippen molar-refractivity contribution in [3.8, 4) is 17.6 Å². The SMILES string of the molecule is O=S(=O)(NCC#CCOc1cccc(C(F)(F)F)c1)c1ccc(F)c(Cl)c1. The summed E-state index contributed by atoms with van der Waals surface area (Å²) in [6, 6.07) is 7.23. The average molecular weight is 422 g/mol. The molecule has 2 aromatic rings. The van der Waals surface area contributed by atoms with E-state index in [9.17, 15) is 26.0 Å². The first kappa shape index (κ1) is 21.0. The maximum atomic E-state index is 13.1. The average Bonchev–Trinajstić information content (AvgIpc) is 2.59. The Kier molecular flexibility index (Phi) is 6.70. The van der Waals surface area contributed by atoms with Crippen LogP contribution in [0.15, 0.2) is 47.4 Å². The quantitative estimate of drug-likeness (QED) is 0.589. The molecule has 0 aromatic heterocycles. The molecule has 0 spiro atoms. The summed E-state index contributed by atoms with van der Waals surface area (Å²) in [4.78, 5) is -0.226. The molecule has 0 amide bonds. The number of benzene rings is 2. The Bertz CT molecular complexity index is 982. The van der Waals surface area contributed by atoms with E-state index in [1.165, 1.54) is 12.1 Å². The molecule has 0 aliphatic carbocycles. The zero-order valence-electron chi connectivity index (χ0n) is 13.5. The van der Waals surface area contributed by atoms with E-state index in [-0.39, 0.29) is 28.8 Å². The predicted octanol–water partition coefficient (Wildman–Crippen LogP) is 3.86. The third kappa shape index (κ3) is 6.13. The van der Waals surface area contributed by atoms with Gasteiger partial charge in [-0.15, -0.1) is 0 Å². The Morgan fingerprint density at radius 2 is 1.85 bits per heavy atom. The summed E-state index contributed by atoms with van der Waals surface area (Å²) in [7, 11) is -3.93. The zero-order valence-corrected chi connectivity index (χ0v) is 15.1. The summed E-state index contributed by atoms with van der Waals surface area (Å²) in [6.07, 6.45) is -4.48. The van der Waals surface area contributed by atoms with Crippen molar-refractivity contribution in [3.63, 3.8) is 0 Å². The number of alkyl halides is 3. The van der Waals surface area contributed by atoms with Crippen LogP contribution in [-0.2, 0) is 16.2 Å². The Morgan fingerprint density at radius 1 is 1.11 bits per heavy atom. The molecule has 2 aromatic carbocycles. The van der Waals surface area contributed by atoms with Crippen molar-refractivity contribution in [1.82, 2.24) is 4.72 Å². The lowest BCUT2D eigenvalue weighted by molar-refractivity contribution is -0.137. The molecule has 0 bridgehead atoms. The molecule has 0 radical (unpaired) electrons. The normalized spacial score (nSPS) is 11.6. The molecule has 1 N–H and O–H groups in total. The molecule has 10 heteroatoms. The first-order valence-corrected chi connectivity index (χ1v) is 9.16. The number of hydrogen-bond donors (Lipinski definition) is 1. The van der Waals surface area contributed by atoms with E-state index < -0.39 is 27.6 Å². The highest BCUT2D eigenvalue weighted by Crippen LogP contribution is 2.31. The van der Waals surface area contributed by atoms with E-state index in [1.807, 2.05) is 0 Å². The van der Waals surface area contributed by atoms with E-state index in [0.29, 0.717) is 0 Å². The summed E-state index contributed by atoms with van der Waals surface area (Å²) < 4.78 is 82.0. The molecule has 0 fully saturated rings. The number of sulfonamides is 1. The second kappa shape index (κ2) is 8.61. The molecule has 0 aliphatic rings. The fraction of sp³-hybridized carbons (Fsp3) is 0.176. The van der Waals surface area contributed by atoms with Crippen LogP contribution in [0.25, 0.3) is 0 Å². The van der Waals surface area contributed by atoms with E-state index in [0.717, 1.165) is 30.3 Å². The van der Waals surface area contributed by atoms with Gasteiger partial charge in [0.05, 0.1) is 22.0 Å². The maximum Gasteiger partial charge on any atom is 0.416 e. The second-order valence-corrected chi connectivity index (χ2v) is 7.24. The molecular weight excluding hydrogens is 410 g/mol. The Hall–Kier alpha value is -2.28. The van der Waals surface area contributed by atoms with E-state index in [2.05, 4.69) is 16.6 Å². The number of ether oxygens (including phenoxy) is 1. The van der Waals surface area contributed by atoms with Gasteiger partial charge in [-0.2, -0.15) is 17.9 Å². The van der Waals surface area contributed by atoms with Crippen molar-refractivity contribution < 1.29 is 30.7 Å². The molecule has 27 heavy (non-hydrogen) atoms. The van der Waals surface area contributed by atoms with Crippen LogP contribution in [0.2, 0.25) is 5.02 Å². The van der Waals surface area contributed by atoms with Crippen molar-refractivity contribution in [1.29, 1.82) is 0 Å². The van der Waals surface area contributed by atoms with E-state index in [1.54, 1.807) is 0 Å². The van der Waals surface area contributed by atoms with Gasteiger partial charge >= 0.3 is 6.18 Å². The molecule has 2 rings (SSSR count). The summed E-state index contributed by atoms with van der Waals surface area (Å²) in [5.74, 6) is 4.17. The number of rotatable bonds is 5. The first-order valence-electron chi connectivity index (χ1n) is 7.30. The Balaban J connectivity index is 1.88. The second-order valence-electron chi connectivity index (χ2n) is 5.07. The summed E-state index contributed by atoms with van der Waals surface area (Å²) >= 11 is 5.54. The van der Waals surface area contributed by atoms with Crippen molar-refractivity contribution in [2.24, 2.45) is 0 Å². The topological polar surface area (TPSA) is 55.4 Å². The van der Waals surface area contributed by atoms with Crippen molar-refractivity contribution in [2.75, 3.05) is 13.2 Å². The van der Waals surface area contributed by atoms with Crippen LogP contribution < -0.4 is 9.46 Å². The molecule has 144 valence electrons. The first-order chi connectivity index (χ1) is 12.6. The van der Waals surface area contributed by atoms with Gasteiger partial charge in [0.1, 0.15) is 18.2 Å². The Morgan fingerprint density at radius 3 is 2.52 bits per heavy atom. The van der Waals surface area contributed by atoms with Gasteiger partial charge in [0.25, 0.3) is 0 Å². The lowest BCUT2D eigenvalue weighted by atomic mass is 10.2. The molecule has 0 saturated carbocycles. The minimum Gasteiger partial charge on any atom is -0.481 e. The predicted molar refractivity (Wildman–Crippen MR) is 91.3 cm³/mol. The summed E-state index contributed by atoms with van der Waals surface area (Å²) in [5, 5.41) is -0.335. The standard InChI is InChI=1S/C17H12ClF4NO3S/c18-15-11-14(6-7-16(15)19)27(24,25)23-8-1-2-9-26-13-5-3-4-12(10-13)17(20,21)22/h3-7,10-11,23H,8-9H2. The van der Waals surface area contributed by atoms with E-state index in [4.69, 9.17) is 16.3 Å². The van der Waals surface area contributed by atoms with Crippen molar-refractivity contribution in [2.45, 2.75) is 11.1 Å². The Labute approximate surface area is 158 Å². The summed E-state index contributed by atoms with van der Waals surface area (Å²) in [6.45, 7) is -0.505. The molecule has 0 unspecified atom stereocenters. The molecule has 0 saturated heterocycles. The van der Waals surface area contributed by atoms with Gasteiger partial charge in [0, 0.05) is 0 Å². The molecular formula is C17H12ClF4NO3S. The van der Waals surface area contributed by atoms with Crippen molar-refractivity contribution in [3.05, 3.63) is 58.9 Å². The van der Waals surface area contributed by atoms with Gasteiger partial charge in [-0.3, -0.25) is 0 Å². The molecule has 0 heterocycles. The summed E-state index contributed by atoms with van der Waals surface area (Å²) in [5.41, 5.74) is -0.848. The minimum atomic E-state index is -4.48. The third-order valence-corrected chi connectivity index (χ3v) is 4.84. The van der Waals surface area contributed by atoms with Gasteiger partial charge in [0.2, 0.25) is 10.0 Å². The molecule has 4 nitrogen and oxygen atoms in total. The lowest BCUT2D eigenvalue weighted by Crippen LogP contribution is -2.24. The number of halogens is 5. The van der Waals surface area contributed by atoms with Crippen LogP contribution in [0.5, 0.6) is 5.75 Å². The molecule has 0 aliphatic heterocycles. The van der Waals surface area contributed by atoms with Crippen LogP contribution in [0.1, 0.15) is 5.56 Å². The van der Waals surface area contributed by atoms with Gasteiger partial charge in [-0.1, -0.05) is 29.5 Å². The van der Waals surface area contributed by atoms with E-state index >= 15 is 0 Å². The van der Waals surface area contributed by atoms with Crippen LogP contribution >= 0.6 is 11.6 Å². The van der Waals surface area contributed by atoms with Crippen LogP contribution in [-0.4, -0.2) is 21.6 Å². The highest BCUT2D eigenvalue weighted by atomic mass is 35.5. The maximum absolute atomic E-state index is 13.1. The fourth-order valence-electron chi connectivity index (χ4n) is 1.85. The molecule has 0 atom stereocenters. The van der Waals surface area contributed by atoms with Crippen LogP contribution in [0, 0.1) is 17.7 Å². The van der Waals surface area contributed by atoms with Crippen LogP contribution in [0.4, 0.5) is 17.6 Å². The van der Waals surface area contributed by atoms with Crippen LogP contribution in [0.3, 0.4) is 0 Å². The van der Waals surface area contributed by atoms with Gasteiger partial charge in [-0.25, -0.2) is 12.8 Å². The van der Waals surface area contributed by atoms with Gasteiger partial charge in [-0.05, 0) is 36.4 Å². The zero-order chi connectivity index (χ0) is 20.1. The highest BCUT2D eigenvalue weighted by Gasteiger charge is 2.30. The highest BCUT2D eigenvalue weighted by molar-refractivity contribution is 7.89. The fourth-order valence-corrected chi connectivity index (χ4v) is 3.05.